The van der Waals surface area contributed by atoms with Crippen LogP contribution >= 0.6 is 15.9 Å². The van der Waals surface area contributed by atoms with Gasteiger partial charge in [-0.2, -0.15) is 0 Å². The van der Waals surface area contributed by atoms with E-state index in [0.717, 1.165) is 0 Å². The summed E-state index contributed by atoms with van der Waals surface area (Å²) in [6, 6.07) is 3.46. The van der Waals surface area contributed by atoms with Crippen LogP contribution in [-0.4, -0.2) is 18.1 Å². The van der Waals surface area contributed by atoms with Crippen LogP contribution in [-0.2, 0) is 4.79 Å². The highest BCUT2D eigenvalue weighted by molar-refractivity contribution is 9.10. The van der Waals surface area contributed by atoms with Gasteiger partial charge in [0.2, 0.25) is 0 Å². The molecule has 1 unspecified atom stereocenters. The summed E-state index contributed by atoms with van der Waals surface area (Å²) in [5, 5.41) is 12.1. The number of anilines is 1. The molecule has 2 rings (SSSR count). The summed E-state index contributed by atoms with van der Waals surface area (Å²) < 4.78 is 5.76. The van der Waals surface area contributed by atoms with Gasteiger partial charge in [-0.3, -0.25) is 4.79 Å². The van der Waals surface area contributed by atoms with Gasteiger partial charge in [0.15, 0.2) is 6.10 Å². The van der Waals surface area contributed by atoms with Crippen molar-refractivity contribution >= 4 is 27.5 Å². The lowest BCUT2D eigenvalue weighted by atomic mass is 10.1. The van der Waals surface area contributed by atoms with E-state index in [1.807, 2.05) is 0 Å². The fraction of sp³-hybridized carbons (Fsp3) is 0.222. The quantitative estimate of drug-likeness (QED) is 0.801. The third-order valence-electron chi connectivity index (χ3n) is 2.14. The molecule has 0 radical (unpaired) electrons. The first kappa shape index (κ1) is 9.48. The van der Waals surface area contributed by atoms with Gasteiger partial charge in [0.1, 0.15) is 5.75 Å². The number of rotatable bonds is 1. The van der Waals surface area contributed by atoms with Gasteiger partial charge in [0.05, 0.1) is 12.8 Å². The Bertz CT molecular complexity index is 405. The van der Waals surface area contributed by atoms with E-state index >= 15 is 0 Å². The number of methoxy groups -OCH3 is 1. The molecule has 1 aliphatic rings. The van der Waals surface area contributed by atoms with Crippen LogP contribution in [0.3, 0.4) is 0 Å². The van der Waals surface area contributed by atoms with Crippen molar-refractivity contribution in [3.8, 4) is 5.75 Å². The van der Waals surface area contributed by atoms with Gasteiger partial charge in [-0.1, -0.05) is 15.9 Å². The van der Waals surface area contributed by atoms with E-state index in [2.05, 4.69) is 21.2 Å². The number of halogens is 1. The zero-order valence-electron chi connectivity index (χ0n) is 7.37. The molecule has 4 nitrogen and oxygen atoms in total. The second-order valence-electron chi connectivity index (χ2n) is 2.93. The molecule has 14 heavy (non-hydrogen) atoms. The molecule has 1 aromatic carbocycles. The molecular formula is C9H8BrNO3. The number of hydrogen-bond donors (Lipinski definition) is 2. The largest absolute Gasteiger partial charge is 0.495 e. The summed E-state index contributed by atoms with van der Waals surface area (Å²) in [5.74, 6) is 0.123. The number of carbonyl (C=O) groups excluding carboxylic acids is 1. The summed E-state index contributed by atoms with van der Waals surface area (Å²) in [7, 11) is 1.51. The van der Waals surface area contributed by atoms with Crippen molar-refractivity contribution in [1.29, 1.82) is 0 Å². The summed E-state index contributed by atoms with van der Waals surface area (Å²) in [5.41, 5.74) is 1.08. The van der Waals surface area contributed by atoms with E-state index in [9.17, 15) is 9.90 Å². The van der Waals surface area contributed by atoms with Gasteiger partial charge in [0, 0.05) is 10.0 Å². The van der Waals surface area contributed by atoms with Crippen molar-refractivity contribution in [3.63, 3.8) is 0 Å². The smallest absolute Gasteiger partial charge is 0.258 e. The minimum Gasteiger partial charge on any atom is -0.495 e. The standard InChI is InChI=1S/C9H8BrNO3/c1-14-5-3-2-4(10)6-7(5)11-9(13)8(6)12/h2-3,8,12H,1H3,(H,11,13). The number of amides is 1. The van der Waals surface area contributed by atoms with Crippen LogP contribution in [0, 0.1) is 0 Å². The fourth-order valence-electron chi connectivity index (χ4n) is 1.46. The average Bonchev–Trinajstić information content (AvgIpc) is 2.45. The van der Waals surface area contributed by atoms with Gasteiger partial charge < -0.3 is 15.2 Å². The Kier molecular flexibility index (Phi) is 2.20. The molecule has 2 N–H and O–H groups in total. The number of fused-ring (bicyclic) bond motifs is 1. The molecule has 0 spiro atoms. The lowest BCUT2D eigenvalue weighted by Gasteiger charge is -2.08. The number of carbonyl (C=O) groups is 1. The first-order valence-corrected chi connectivity index (χ1v) is 4.79. The van der Waals surface area contributed by atoms with Crippen molar-refractivity contribution in [2.45, 2.75) is 6.10 Å². The van der Waals surface area contributed by atoms with E-state index < -0.39 is 12.0 Å². The molecule has 74 valence electrons. The minimum atomic E-state index is -1.12. The highest BCUT2D eigenvalue weighted by atomic mass is 79.9. The number of hydrogen-bond acceptors (Lipinski definition) is 3. The van der Waals surface area contributed by atoms with Crippen molar-refractivity contribution in [3.05, 3.63) is 22.2 Å². The van der Waals surface area contributed by atoms with Crippen LogP contribution in [0.4, 0.5) is 5.69 Å². The summed E-state index contributed by atoms with van der Waals surface area (Å²) >= 11 is 3.27. The van der Waals surface area contributed by atoms with E-state index in [-0.39, 0.29) is 0 Å². The second-order valence-corrected chi connectivity index (χ2v) is 3.78. The van der Waals surface area contributed by atoms with Crippen molar-refractivity contribution in [1.82, 2.24) is 0 Å². The van der Waals surface area contributed by atoms with E-state index in [0.29, 0.717) is 21.5 Å². The number of benzene rings is 1. The Morgan fingerprint density at radius 2 is 2.29 bits per heavy atom. The van der Waals surface area contributed by atoms with Crippen LogP contribution in [0.1, 0.15) is 11.7 Å². The molecule has 5 heteroatoms. The monoisotopic (exact) mass is 257 g/mol. The summed E-state index contributed by atoms with van der Waals surface area (Å²) in [6.07, 6.45) is -1.12. The highest BCUT2D eigenvalue weighted by Gasteiger charge is 2.32. The Labute approximate surface area is 89.0 Å². The fourth-order valence-corrected chi connectivity index (χ4v) is 2.01. The molecule has 1 aromatic rings. The van der Waals surface area contributed by atoms with Crippen LogP contribution in [0.15, 0.2) is 16.6 Å². The topological polar surface area (TPSA) is 58.6 Å². The lowest BCUT2D eigenvalue weighted by Crippen LogP contribution is -2.10. The third kappa shape index (κ3) is 1.20. The van der Waals surface area contributed by atoms with Gasteiger partial charge in [-0.25, -0.2) is 0 Å². The Hall–Kier alpha value is -1.07. The number of nitrogens with one attached hydrogen (secondary N) is 1. The SMILES string of the molecule is COc1ccc(Br)c2c1NC(=O)C2O. The van der Waals surface area contributed by atoms with Crippen LogP contribution in [0.2, 0.25) is 0 Å². The highest BCUT2D eigenvalue weighted by Crippen LogP contribution is 2.42. The first-order valence-electron chi connectivity index (χ1n) is 4.00. The first-order chi connectivity index (χ1) is 6.65. The van der Waals surface area contributed by atoms with Crippen molar-refractivity contribution < 1.29 is 14.6 Å². The zero-order chi connectivity index (χ0) is 10.3. The Morgan fingerprint density at radius 1 is 1.57 bits per heavy atom. The maximum atomic E-state index is 11.2. The minimum absolute atomic E-state index is 0.426. The summed E-state index contributed by atoms with van der Waals surface area (Å²) in [6.45, 7) is 0. The van der Waals surface area contributed by atoms with Crippen LogP contribution < -0.4 is 10.1 Å². The molecule has 0 saturated heterocycles. The van der Waals surface area contributed by atoms with Crippen LogP contribution in [0.25, 0.3) is 0 Å². The predicted octanol–water partition coefficient (Wildman–Crippen LogP) is 1.44. The third-order valence-corrected chi connectivity index (χ3v) is 2.84. The second kappa shape index (κ2) is 3.25. The van der Waals surface area contributed by atoms with Crippen molar-refractivity contribution in [2.24, 2.45) is 0 Å². The summed E-state index contributed by atoms with van der Waals surface area (Å²) in [4.78, 5) is 11.2. The molecule has 0 aromatic heterocycles. The number of ether oxygens (including phenoxy) is 1. The molecular weight excluding hydrogens is 250 g/mol. The normalized spacial score (nSPS) is 19.1. The number of aliphatic hydroxyl groups is 1. The van der Waals surface area contributed by atoms with E-state index in [1.165, 1.54) is 7.11 Å². The van der Waals surface area contributed by atoms with Crippen LogP contribution in [0.5, 0.6) is 5.75 Å². The maximum Gasteiger partial charge on any atom is 0.258 e. The average molecular weight is 258 g/mol. The molecule has 1 heterocycles. The predicted molar refractivity (Wildman–Crippen MR) is 54.3 cm³/mol. The molecule has 1 aliphatic heterocycles. The van der Waals surface area contributed by atoms with E-state index in [1.54, 1.807) is 12.1 Å². The van der Waals surface area contributed by atoms with Gasteiger partial charge in [-0.05, 0) is 12.1 Å². The Morgan fingerprint density at radius 3 is 2.93 bits per heavy atom. The van der Waals surface area contributed by atoms with Gasteiger partial charge >= 0.3 is 0 Å². The molecule has 1 amide bonds. The van der Waals surface area contributed by atoms with Gasteiger partial charge in [-0.15, -0.1) is 0 Å². The van der Waals surface area contributed by atoms with Gasteiger partial charge in [0.25, 0.3) is 5.91 Å². The zero-order valence-corrected chi connectivity index (χ0v) is 8.96. The number of aliphatic hydroxyl groups excluding tert-OH is 1. The lowest BCUT2D eigenvalue weighted by molar-refractivity contribution is -0.123. The van der Waals surface area contributed by atoms with Crippen molar-refractivity contribution in [2.75, 3.05) is 12.4 Å². The molecule has 1 atom stereocenters. The molecule has 0 saturated carbocycles. The molecule has 0 fully saturated rings. The Balaban J connectivity index is 2.64. The molecule has 0 aliphatic carbocycles. The van der Waals surface area contributed by atoms with E-state index in [4.69, 9.17) is 4.74 Å². The molecule has 0 bridgehead atoms. The maximum absolute atomic E-state index is 11.2.